The second kappa shape index (κ2) is 8.15. The van der Waals surface area contributed by atoms with Crippen LogP contribution < -0.4 is 5.46 Å². The molecule has 0 amide bonds. The van der Waals surface area contributed by atoms with Crippen molar-refractivity contribution in [3.63, 3.8) is 0 Å². The summed E-state index contributed by atoms with van der Waals surface area (Å²) in [7, 11) is -0.477. The fourth-order valence-corrected chi connectivity index (χ4v) is 4.26. The number of aliphatic imine (C=N–C) groups is 1. The van der Waals surface area contributed by atoms with Gasteiger partial charge >= 0.3 is 7.12 Å². The van der Waals surface area contributed by atoms with Crippen LogP contribution >= 0.6 is 0 Å². The summed E-state index contributed by atoms with van der Waals surface area (Å²) >= 11 is 0. The second-order valence-electron chi connectivity index (χ2n) is 9.08. The Bertz CT molecular complexity index is 961. The van der Waals surface area contributed by atoms with Crippen LogP contribution in [0, 0.1) is 0 Å². The molecule has 0 saturated carbocycles. The van der Waals surface area contributed by atoms with Gasteiger partial charge in [0.15, 0.2) is 12.1 Å². The van der Waals surface area contributed by atoms with Crippen LogP contribution in [0.2, 0.25) is 0 Å². The molecule has 5 rings (SSSR count). The molecule has 4 atom stereocenters. The molecule has 0 unspecified atom stereocenters. The first-order chi connectivity index (χ1) is 14.9. The van der Waals surface area contributed by atoms with Crippen LogP contribution in [0.15, 0.2) is 53.5 Å². The predicted octanol–water partition coefficient (Wildman–Crippen LogP) is 3.55. The van der Waals surface area contributed by atoms with E-state index in [9.17, 15) is 0 Å². The molecule has 0 radical (unpaired) electrons. The minimum atomic E-state index is -0.665. The predicted molar refractivity (Wildman–Crippen MR) is 119 cm³/mol. The third-order valence-corrected chi connectivity index (χ3v) is 5.89. The maximum absolute atomic E-state index is 6.26. The molecular formula is C24H28BNO5. The van der Waals surface area contributed by atoms with Crippen LogP contribution in [-0.2, 0) is 23.5 Å². The van der Waals surface area contributed by atoms with Gasteiger partial charge in [0.05, 0.1) is 12.3 Å². The Morgan fingerprint density at radius 1 is 1.06 bits per heavy atom. The third-order valence-electron chi connectivity index (χ3n) is 5.89. The molecule has 3 heterocycles. The number of ether oxygens (including phenoxy) is 3. The Hall–Kier alpha value is -2.03. The normalized spacial score (nSPS) is 29.5. The molecule has 3 aliphatic rings. The van der Waals surface area contributed by atoms with Crippen molar-refractivity contribution in [2.75, 3.05) is 6.61 Å². The Labute approximate surface area is 183 Å². The standard InChI is InChI=1S/C24H28BNO5/c1-15(2)17-8-10-19(11-9-17)26-13-16-6-5-7-18(12-16)25-27-14-20-21(31-25)22-23(28-20)30-24(3,4)29-22/h5-13,15,20-23H,14H2,1-4H3/t20-,21+,22-,23-/m1/s1. The number of rotatable bonds is 4. The first-order valence-corrected chi connectivity index (χ1v) is 10.9. The number of nitrogens with zero attached hydrogens (tertiary/aromatic N) is 1. The topological polar surface area (TPSA) is 58.5 Å². The fraction of sp³-hybridized carbons (Fsp3) is 0.458. The summed E-state index contributed by atoms with van der Waals surface area (Å²) in [6.45, 7) is 8.59. The summed E-state index contributed by atoms with van der Waals surface area (Å²) in [4.78, 5) is 4.61. The van der Waals surface area contributed by atoms with Crippen molar-refractivity contribution in [3.8, 4) is 0 Å². The van der Waals surface area contributed by atoms with Gasteiger partial charge in [0.2, 0.25) is 0 Å². The molecule has 0 aliphatic carbocycles. The summed E-state index contributed by atoms with van der Waals surface area (Å²) in [5, 5.41) is 0. The summed E-state index contributed by atoms with van der Waals surface area (Å²) < 4.78 is 30.0. The molecule has 3 saturated heterocycles. The van der Waals surface area contributed by atoms with Crippen LogP contribution in [0.3, 0.4) is 0 Å². The lowest BCUT2D eigenvalue weighted by Gasteiger charge is -2.32. The van der Waals surface area contributed by atoms with E-state index in [2.05, 4.69) is 31.0 Å². The number of hydrogen-bond donors (Lipinski definition) is 0. The molecule has 2 aromatic carbocycles. The minimum Gasteiger partial charge on any atom is -0.404 e. The summed E-state index contributed by atoms with van der Waals surface area (Å²) in [5.41, 5.74) is 4.17. The van der Waals surface area contributed by atoms with E-state index in [0.717, 1.165) is 16.7 Å². The second-order valence-corrected chi connectivity index (χ2v) is 9.08. The SMILES string of the molecule is CC(C)c1ccc(N=Cc2cccc(B3OC[C@H]4O[C@@H]5OC(C)(C)O[C@@H]5[C@H]4O3)c2)cc1. The quantitative estimate of drug-likeness (QED) is 0.558. The Morgan fingerprint density at radius 3 is 2.65 bits per heavy atom. The van der Waals surface area contributed by atoms with Crippen molar-refractivity contribution in [3.05, 3.63) is 59.7 Å². The molecule has 2 aromatic rings. The highest BCUT2D eigenvalue weighted by atomic mass is 16.8. The lowest BCUT2D eigenvalue weighted by molar-refractivity contribution is -0.221. The summed E-state index contributed by atoms with van der Waals surface area (Å²) in [6.07, 6.45) is 0.811. The molecule has 0 spiro atoms. The van der Waals surface area contributed by atoms with E-state index in [0.29, 0.717) is 12.5 Å². The van der Waals surface area contributed by atoms with Gasteiger partial charge in [0.25, 0.3) is 0 Å². The third kappa shape index (κ3) is 4.34. The van der Waals surface area contributed by atoms with E-state index >= 15 is 0 Å². The van der Waals surface area contributed by atoms with Gasteiger partial charge in [-0.3, -0.25) is 4.99 Å². The molecule has 0 bridgehead atoms. The average molecular weight is 421 g/mol. The van der Waals surface area contributed by atoms with Gasteiger partial charge in [0, 0.05) is 6.21 Å². The van der Waals surface area contributed by atoms with E-state index in [1.165, 1.54) is 5.56 Å². The van der Waals surface area contributed by atoms with Gasteiger partial charge < -0.3 is 23.5 Å². The van der Waals surface area contributed by atoms with E-state index in [4.69, 9.17) is 23.5 Å². The van der Waals surface area contributed by atoms with Gasteiger partial charge in [-0.15, -0.1) is 0 Å². The molecule has 0 N–H and O–H groups in total. The zero-order valence-corrected chi connectivity index (χ0v) is 18.4. The van der Waals surface area contributed by atoms with Gasteiger partial charge in [-0.2, -0.15) is 0 Å². The van der Waals surface area contributed by atoms with Crippen LogP contribution in [0.1, 0.15) is 44.7 Å². The van der Waals surface area contributed by atoms with Crippen LogP contribution in [0.25, 0.3) is 0 Å². The molecule has 0 aromatic heterocycles. The van der Waals surface area contributed by atoms with Crippen molar-refractivity contribution in [1.29, 1.82) is 0 Å². The summed E-state index contributed by atoms with van der Waals surface area (Å²) in [6, 6.07) is 16.4. The molecule has 162 valence electrons. The minimum absolute atomic E-state index is 0.180. The lowest BCUT2D eigenvalue weighted by Crippen LogP contribution is -2.53. The Kier molecular flexibility index (Phi) is 5.48. The Balaban J connectivity index is 1.28. The smallest absolute Gasteiger partial charge is 0.404 e. The first kappa shape index (κ1) is 20.9. The van der Waals surface area contributed by atoms with Crippen molar-refractivity contribution < 1.29 is 23.5 Å². The monoisotopic (exact) mass is 421 g/mol. The molecule has 3 fully saturated rings. The highest BCUT2D eigenvalue weighted by molar-refractivity contribution is 6.61. The van der Waals surface area contributed by atoms with Gasteiger partial charge in [0.1, 0.15) is 18.3 Å². The number of fused-ring (bicyclic) bond motifs is 3. The van der Waals surface area contributed by atoms with Crippen molar-refractivity contribution >= 4 is 24.5 Å². The van der Waals surface area contributed by atoms with E-state index in [1.807, 2.05) is 56.5 Å². The average Bonchev–Trinajstić information content (AvgIpc) is 3.23. The van der Waals surface area contributed by atoms with Gasteiger partial charge in [-0.05, 0) is 48.5 Å². The van der Waals surface area contributed by atoms with Crippen molar-refractivity contribution in [1.82, 2.24) is 0 Å². The molecule has 31 heavy (non-hydrogen) atoms. The highest BCUT2D eigenvalue weighted by Gasteiger charge is 2.57. The van der Waals surface area contributed by atoms with Crippen molar-refractivity contribution in [2.24, 2.45) is 4.99 Å². The van der Waals surface area contributed by atoms with Crippen LogP contribution in [0.4, 0.5) is 5.69 Å². The van der Waals surface area contributed by atoms with E-state index in [-0.39, 0.29) is 18.3 Å². The molecule has 6 nitrogen and oxygen atoms in total. The van der Waals surface area contributed by atoms with Crippen LogP contribution in [0.5, 0.6) is 0 Å². The van der Waals surface area contributed by atoms with Gasteiger partial charge in [-0.25, -0.2) is 0 Å². The van der Waals surface area contributed by atoms with E-state index in [1.54, 1.807) is 0 Å². The fourth-order valence-electron chi connectivity index (χ4n) is 4.26. The summed E-state index contributed by atoms with van der Waals surface area (Å²) in [5.74, 6) is -0.154. The lowest BCUT2D eigenvalue weighted by atomic mass is 9.76. The van der Waals surface area contributed by atoms with Crippen molar-refractivity contribution in [2.45, 2.75) is 64.0 Å². The van der Waals surface area contributed by atoms with Gasteiger partial charge in [-0.1, -0.05) is 50.2 Å². The maximum Gasteiger partial charge on any atom is 0.494 e. The highest BCUT2D eigenvalue weighted by Crippen LogP contribution is 2.40. The molecule has 7 heteroatoms. The maximum atomic E-state index is 6.26. The zero-order chi connectivity index (χ0) is 21.6. The molecule has 3 aliphatic heterocycles. The zero-order valence-electron chi connectivity index (χ0n) is 18.4. The Morgan fingerprint density at radius 2 is 1.87 bits per heavy atom. The first-order valence-electron chi connectivity index (χ1n) is 10.9. The molecular weight excluding hydrogens is 393 g/mol. The van der Waals surface area contributed by atoms with Crippen LogP contribution in [-0.4, -0.2) is 50.3 Å². The number of hydrogen-bond acceptors (Lipinski definition) is 6. The van der Waals surface area contributed by atoms with E-state index < -0.39 is 19.2 Å². The largest absolute Gasteiger partial charge is 0.494 e. The number of benzene rings is 2.